The van der Waals surface area contributed by atoms with Gasteiger partial charge in [-0.3, -0.25) is 9.59 Å². The number of anilines is 1. The first-order valence-corrected chi connectivity index (χ1v) is 8.59. The minimum Gasteiger partial charge on any atom is -0.381 e. The lowest BCUT2D eigenvalue weighted by Gasteiger charge is -2.34. The van der Waals surface area contributed by atoms with Crippen LogP contribution in [0.15, 0.2) is 18.2 Å². The molecule has 2 saturated heterocycles. The van der Waals surface area contributed by atoms with Gasteiger partial charge in [0.15, 0.2) is 0 Å². The minimum atomic E-state index is -0.442. The fourth-order valence-corrected chi connectivity index (χ4v) is 4.23. The topological polar surface area (TPSA) is 81.9 Å². The zero-order valence-electron chi connectivity index (χ0n) is 13.6. The van der Waals surface area contributed by atoms with Crippen molar-refractivity contribution in [1.29, 1.82) is 0 Å². The molecular weight excluding hydrogens is 308 g/mol. The van der Waals surface area contributed by atoms with Crippen LogP contribution in [0.1, 0.15) is 28.8 Å². The molecule has 0 spiro atoms. The third kappa shape index (κ3) is 2.50. The summed E-state index contributed by atoms with van der Waals surface area (Å²) in [6.45, 7) is 2.61. The Hall–Kier alpha value is -1.92. The van der Waals surface area contributed by atoms with Gasteiger partial charge in [-0.15, -0.1) is 0 Å². The van der Waals surface area contributed by atoms with Gasteiger partial charge in [-0.25, -0.2) is 0 Å². The molecule has 6 heteroatoms. The van der Waals surface area contributed by atoms with Crippen molar-refractivity contribution in [3.8, 4) is 0 Å². The van der Waals surface area contributed by atoms with E-state index in [9.17, 15) is 9.59 Å². The van der Waals surface area contributed by atoms with E-state index in [0.29, 0.717) is 37.8 Å². The van der Waals surface area contributed by atoms with Crippen molar-refractivity contribution >= 4 is 17.5 Å². The molecule has 2 fully saturated rings. The van der Waals surface area contributed by atoms with Crippen molar-refractivity contribution in [2.45, 2.75) is 25.4 Å². The van der Waals surface area contributed by atoms with Crippen LogP contribution < -0.4 is 10.6 Å². The van der Waals surface area contributed by atoms with Gasteiger partial charge in [0.1, 0.15) is 6.10 Å². The maximum absolute atomic E-state index is 13.1. The summed E-state index contributed by atoms with van der Waals surface area (Å²) in [5.74, 6) is 0.111. The minimum absolute atomic E-state index is 0.00645. The second-order valence-electron chi connectivity index (χ2n) is 6.80. The number of hydrogen-bond donors (Lipinski definition) is 1. The normalized spacial score (nSPS) is 29.0. The first-order chi connectivity index (χ1) is 11.7. The average molecular weight is 330 g/mol. The molecule has 6 nitrogen and oxygen atoms in total. The molecule has 0 aliphatic carbocycles. The zero-order valence-corrected chi connectivity index (χ0v) is 13.6. The summed E-state index contributed by atoms with van der Waals surface area (Å²) in [6.07, 6.45) is 2.06. The molecular formula is C18H22N2O4. The molecule has 3 atom stereocenters. The molecule has 3 aliphatic rings. The predicted octanol–water partition coefficient (Wildman–Crippen LogP) is 1.12. The summed E-state index contributed by atoms with van der Waals surface area (Å²) in [6, 6.07) is 5.42. The van der Waals surface area contributed by atoms with Crippen LogP contribution in [0.5, 0.6) is 0 Å². The van der Waals surface area contributed by atoms with Crippen LogP contribution in [0, 0.1) is 11.8 Å². The van der Waals surface area contributed by atoms with Gasteiger partial charge in [0, 0.05) is 36.2 Å². The van der Waals surface area contributed by atoms with Gasteiger partial charge in [0.2, 0.25) is 5.91 Å². The smallest absolute Gasteiger partial charge is 0.256 e. The Morgan fingerprint density at radius 1 is 1.25 bits per heavy atom. The number of hydrogen-bond acceptors (Lipinski definition) is 4. The zero-order chi connectivity index (χ0) is 16.7. The van der Waals surface area contributed by atoms with Gasteiger partial charge in [-0.05, 0) is 37.0 Å². The lowest BCUT2D eigenvalue weighted by atomic mass is 9.86. The fourth-order valence-electron chi connectivity index (χ4n) is 4.23. The molecule has 2 amide bonds. The lowest BCUT2D eigenvalue weighted by Crippen LogP contribution is -2.46. The third-order valence-corrected chi connectivity index (χ3v) is 5.44. The third-order valence-electron chi connectivity index (χ3n) is 5.44. The number of nitrogens with two attached hydrogens (primary N) is 1. The Morgan fingerprint density at radius 3 is 2.96 bits per heavy atom. The predicted molar refractivity (Wildman–Crippen MR) is 87.8 cm³/mol. The highest BCUT2D eigenvalue weighted by Crippen LogP contribution is 2.37. The number of carbonyl (C=O) groups excluding carboxylic acids is 2. The van der Waals surface area contributed by atoms with Gasteiger partial charge in [-0.1, -0.05) is 6.07 Å². The Labute approximate surface area is 140 Å². The van der Waals surface area contributed by atoms with Crippen molar-refractivity contribution in [3.05, 3.63) is 29.3 Å². The highest BCUT2D eigenvalue weighted by Gasteiger charge is 2.45. The SMILES string of the molecule is NC(=O)c1cccc2c1CCCN2C(=O)C1OCC2COCCC21. The largest absolute Gasteiger partial charge is 0.381 e. The molecule has 2 N–H and O–H groups in total. The van der Waals surface area contributed by atoms with Crippen LogP contribution in [-0.2, 0) is 20.7 Å². The van der Waals surface area contributed by atoms with Gasteiger partial charge >= 0.3 is 0 Å². The number of rotatable bonds is 2. The van der Waals surface area contributed by atoms with E-state index in [1.54, 1.807) is 17.0 Å². The molecule has 1 aromatic rings. The van der Waals surface area contributed by atoms with E-state index in [0.717, 1.165) is 30.5 Å². The number of nitrogens with zero attached hydrogens (tertiary/aromatic N) is 1. The summed E-state index contributed by atoms with van der Waals surface area (Å²) in [7, 11) is 0. The van der Waals surface area contributed by atoms with Crippen molar-refractivity contribution in [1.82, 2.24) is 0 Å². The summed E-state index contributed by atoms with van der Waals surface area (Å²) >= 11 is 0. The molecule has 4 rings (SSSR count). The highest BCUT2D eigenvalue weighted by atomic mass is 16.5. The van der Waals surface area contributed by atoms with E-state index in [1.807, 2.05) is 6.07 Å². The molecule has 128 valence electrons. The van der Waals surface area contributed by atoms with E-state index in [4.69, 9.17) is 15.2 Å². The first kappa shape index (κ1) is 15.6. The van der Waals surface area contributed by atoms with Gasteiger partial charge < -0.3 is 20.1 Å². The van der Waals surface area contributed by atoms with Crippen LogP contribution >= 0.6 is 0 Å². The molecule has 3 aliphatic heterocycles. The molecule has 0 radical (unpaired) electrons. The molecule has 3 heterocycles. The number of fused-ring (bicyclic) bond motifs is 2. The van der Waals surface area contributed by atoms with E-state index < -0.39 is 12.0 Å². The number of carbonyl (C=O) groups is 2. The highest BCUT2D eigenvalue weighted by molar-refractivity contribution is 6.01. The van der Waals surface area contributed by atoms with Gasteiger partial charge in [0.05, 0.1) is 13.2 Å². The van der Waals surface area contributed by atoms with Crippen LogP contribution in [-0.4, -0.2) is 44.3 Å². The van der Waals surface area contributed by atoms with E-state index in [1.165, 1.54) is 0 Å². The second-order valence-corrected chi connectivity index (χ2v) is 6.80. The molecule has 0 bridgehead atoms. The van der Waals surface area contributed by atoms with E-state index in [-0.39, 0.29) is 11.8 Å². The van der Waals surface area contributed by atoms with E-state index >= 15 is 0 Å². The van der Waals surface area contributed by atoms with Crippen LogP contribution in [0.4, 0.5) is 5.69 Å². The van der Waals surface area contributed by atoms with Crippen LogP contribution in [0.3, 0.4) is 0 Å². The molecule has 1 aromatic carbocycles. The number of amides is 2. The summed E-state index contributed by atoms with van der Waals surface area (Å²) in [5, 5.41) is 0. The Kier molecular flexibility index (Phi) is 4.02. The molecule has 3 unspecified atom stereocenters. The standard InChI is InChI=1S/C18H22N2O4/c19-17(21)14-3-1-5-15-13(14)4-2-7-20(15)18(22)16-12-6-8-23-9-11(12)10-24-16/h1,3,5,11-12,16H,2,4,6-10H2,(H2,19,21). The Morgan fingerprint density at radius 2 is 2.12 bits per heavy atom. The Bertz CT molecular complexity index is 675. The van der Waals surface area contributed by atoms with Crippen LogP contribution in [0.25, 0.3) is 0 Å². The van der Waals surface area contributed by atoms with Crippen molar-refractivity contribution < 1.29 is 19.1 Å². The summed E-state index contributed by atoms with van der Waals surface area (Å²) in [4.78, 5) is 26.6. The maximum atomic E-state index is 13.1. The number of primary amides is 1. The summed E-state index contributed by atoms with van der Waals surface area (Å²) in [5.41, 5.74) is 7.69. The molecule has 0 saturated carbocycles. The summed E-state index contributed by atoms with van der Waals surface area (Å²) < 4.78 is 11.3. The monoisotopic (exact) mass is 330 g/mol. The van der Waals surface area contributed by atoms with Crippen LogP contribution in [0.2, 0.25) is 0 Å². The second kappa shape index (κ2) is 6.18. The molecule has 0 aromatic heterocycles. The number of benzene rings is 1. The maximum Gasteiger partial charge on any atom is 0.256 e. The quantitative estimate of drug-likeness (QED) is 0.881. The van der Waals surface area contributed by atoms with E-state index in [2.05, 4.69) is 0 Å². The average Bonchev–Trinajstić information content (AvgIpc) is 3.04. The lowest BCUT2D eigenvalue weighted by molar-refractivity contribution is -0.129. The van der Waals surface area contributed by atoms with Crippen molar-refractivity contribution in [2.24, 2.45) is 17.6 Å². The van der Waals surface area contributed by atoms with Crippen molar-refractivity contribution in [2.75, 3.05) is 31.3 Å². The van der Waals surface area contributed by atoms with Crippen molar-refractivity contribution in [3.63, 3.8) is 0 Å². The fraction of sp³-hybridized carbons (Fsp3) is 0.556. The Balaban J connectivity index is 1.63. The first-order valence-electron chi connectivity index (χ1n) is 8.59. The van der Waals surface area contributed by atoms with Gasteiger partial charge in [-0.2, -0.15) is 0 Å². The van der Waals surface area contributed by atoms with Gasteiger partial charge in [0.25, 0.3) is 5.91 Å². The number of ether oxygens (including phenoxy) is 2. The molecule has 24 heavy (non-hydrogen) atoms.